The largest absolute Gasteiger partial charge is 0.393 e. The fourth-order valence-electron chi connectivity index (χ4n) is 2.25. The van der Waals surface area contributed by atoms with Gasteiger partial charge in [0.25, 0.3) is 0 Å². The van der Waals surface area contributed by atoms with Gasteiger partial charge in [0.2, 0.25) is 0 Å². The SMILES string of the molecule is CC(O)C1CCN(Cc2ccc(Br)cc2)C1. The predicted octanol–water partition coefficient (Wildman–Crippen LogP) is 2.65. The van der Waals surface area contributed by atoms with Gasteiger partial charge in [-0.2, -0.15) is 0 Å². The Morgan fingerprint density at radius 2 is 2.12 bits per heavy atom. The van der Waals surface area contributed by atoms with Gasteiger partial charge in [-0.1, -0.05) is 28.1 Å². The second-order valence-electron chi connectivity index (χ2n) is 4.65. The molecule has 0 amide bonds. The van der Waals surface area contributed by atoms with Crippen LogP contribution >= 0.6 is 15.9 Å². The minimum absolute atomic E-state index is 0.171. The first-order valence-electron chi connectivity index (χ1n) is 5.80. The maximum Gasteiger partial charge on any atom is 0.0552 e. The zero-order chi connectivity index (χ0) is 11.5. The van der Waals surface area contributed by atoms with Crippen LogP contribution in [0.15, 0.2) is 28.7 Å². The molecule has 1 N–H and O–H groups in total. The zero-order valence-corrected chi connectivity index (χ0v) is 11.2. The maximum atomic E-state index is 9.54. The van der Waals surface area contributed by atoms with Crippen molar-refractivity contribution in [3.63, 3.8) is 0 Å². The van der Waals surface area contributed by atoms with Crippen molar-refractivity contribution in [3.05, 3.63) is 34.3 Å². The Hall–Kier alpha value is -0.380. The molecule has 1 heterocycles. The van der Waals surface area contributed by atoms with Gasteiger partial charge >= 0.3 is 0 Å². The van der Waals surface area contributed by atoms with E-state index in [1.807, 2.05) is 6.92 Å². The number of hydrogen-bond donors (Lipinski definition) is 1. The molecule has 88 valence electrons. The molecule has 0 radical (unpaired) electrons. The van der Waals surface area contributed by atoms with Gasteiger partial charge < -0.3 is 5.11 Å². The van der Waals surface area contributed by atoms with E-state index in [9.17, 15) is 5.11 Å². The zero-order valence-electron chi connectivity index (χ0n) is 9.56. The highest BCUT2D eigenvalue weighted by Crippen LogP contribution is 2.21. The number of rotatable bonds is 3. The molecule has 16 heavy (non-hydrogen) atoms. The van der Waals surface area contributed by atoms with Crippen molar-refractivity contribution in [2.45, 2.75) is 26.0 Å². The fraction of sp³-hybridized carbons (Fsp3) is 0.538. The third kappa shape index (κ3) is 3.06. The summed E-state index contributed by atoms with van der Waals surface area (Å²) in [6, 6.07) is 8.47. The van der Waals surface area contributed by atoms with Crippen molar-refractivity contribution >= 4 is 15.9 Å². The molecule has 0 aromatic heterocycles. The van der Waals surface area contributed by atoms with Crippen LogP contribution < -0.4 is 0 Å². The first-order chi connectivity index (χ1) is 7.65. The van der Waals surface area contributed by atoms with Gasteiger partial charge in [-0.25, -0.2) is 0 Å². The molecule has 1 aliphatic heterocycles. The first-order valence-corrected chi connectivity index (χ1v) is 6.59. The highest BCUT2D eigenvalue weighted by atomic mass is 79.9. The number of likely N-dealkylation sites (tertiary alicyclic amines) is 1. The van der Waals surface area contributed by atoms with E-state index in [1.165, 1.54) is 5.56 Å². The van der Waals surface area contributed by atoms with E-state index in [0.717, 1.165) is 30.5 Å². The van der Waals surface area contributed by atoms with Gasteiger partial charge in [0.15, 0.2) is 0 Å². The molecule has 0 bridgehead atoms. The first kappa shape index (κ1) is 12.1. The van der Waals surface area contributed by atoms with Gasteiger partial charge in [0.05, 0.1) is 6.10 Å². The van der Waals surface area contributed by atoms with Crippen LogP contribution in [0.25, 0.3) is 0 Å². The van der Waals surface area contributed by atoms with Crippen LogP contribution in [-0.4, -0.2) is 29.2 Å². The quantitative estimate of drug-likeness (QED) is 0.922. The Labute approximate surface area is 105 Å². The van der Waals surface area contributed by atoms with Crippen molar-refractivity contribution in [1.82, 2.24) is 4.90 Å². The van der Waals surface area contributed by atoms with E-state index in [1.54, 1.807) is 0 Å². The van der Waals surface area contributed by atoms with E-state index < -0.39 is 0 Å². The average molecular weight is 284 g/mol. The topological polar surface area (TPSA) is 23.5 Å². The number of nitrogens with zero attached hydrogens (tertiary/aromatic N) is 1. The van der Waals surface area contributed by atoms with Crippen LogP contribution in [0.5, 0.6) is 0 Å². The normalized spacial score (nSPS) is 23.6. The molecule has 1 aromatic carbocycles. The summed E-state index contributed by atoms with van der Waals surface area (Å²) in [5, 5.41) is 9.54. The lowest BCUT2D eigenvalue weighted by Crippen LogP contribution is -2.23. The molecule has 0 aliphatic carbocycles. The molecule has 0 saturated carbocycles. The number of aliphatic hydroxyl groups excluding tert-OH is 1. The van der Waals surface area contributed by atoms with Gasteiger partial charge in [-0.3, -0.25) is 4.90 Å². The summed E-state index contributed by atoms with van der Waals surface area (Å²) in [6.07, 6.45) is 0.948. The van der Waals surface area contributed by atoms with Gasteiger partial charge in [0.1, 0.15) is 0 Å². The summed E-state index contributed by atoms with van der Waals surface area (Å²) in [5.74, 6) is 0.454. The summed E-state index contributed by atoms with van der Waals surface area (Å²) in [6.45, 7) is 5.02. The van der Waals surface area contributed by atoms with E-state index in [-0.39, 0.29) is 6.10 Å². The van der Waals surface area contributed by atoms with E-state index >= 15 is 0 Å². The van der Waals surface area contributed by atoms with Crippen LogP contribution in [-0.2, 0) is 6.54 Å². The van der Waals surface area contributed by atoms with E-state index in [4.69, 9.17) is 0 Å². The van der Waals surface area contributed by atoms with E-state index in [0.29, 0.717) is 5.92 Å². The standard InChI is InChI=1S/C13H18BrNO/c1-10(16)12-6-7-15(9-12)8-11-2-4-13(14)5-3-11/h2-5,10,12,16H,6-9H2,1H3. The van der Waals surface area contributed by atoms with Crippen LogP contribution in [0.1, 0.15) is 18.9 Å². The van der Waals surface area contributed by atoms with Crippen LogP contribution in [0, 0.1) is 5.92 Å². The monoisotopic (exact) mass is 283 g/mol. The average Bonchev–Trinajstić information content (AvgIpc) is 2.70. The van der Waals surface area contributed by atoms with Crippen LogP contribution in [0.2, 0.25) is 0 Å². The molecule has 2 unspecified atom stereocenters. The minimum atomic E-state index is -0.171. The second kappa shape index (κ2) is 5.30. The lowest BCUT2D eigenvalue weighted by molar-refractivity contribution is 0.127. The third-order valence-electron chi connectivity index (χ3n) is 3.31. The lowest BCUT2D eigenvalue weighted by atomic mass is 10.0. The third-order valence-corrected chi connectivity index (χ3v) is 3.84. The number of hydrogen-bond acceptors (Lipinski definition) is 2. The van der Waals surface area contributed by atoms with Gasteiger partial charge in [0, 0.05) is 17.6 Å². The van der Waals surface area contributed by atoms with Crippen LogP contribution in [0.3, 0.4) is 0 Å². The second-order valence-corrected chi connectivity index (χ2v) is 5.57. The Kier molecular flexibility index (Phi) is 4.00. The smallest absolute Gasteiger partial charge is 0.0552 e. The molecule has 2 atom stereocenters. The molecule has 0 spiro atoms. The number of halogens is 1. The molecule has 2 rings (SSSR count). The summed E-state index contributed by atoms with van der Waals surface area (Å²) in [4.78, 5) is 2.42. The predicted molar refractivity (Wildman–Crippen MR) is 69.2 cm³/mol. The van der Waals surface area contributed by atoms with Gasteiger partial charge in [-0.15, -0.1) is 0 Å². The lowest BCUT2D eigenvalue weighted by Gasteiger charge is -2.17. The summed E-state index contributed by atoms with van der Waals surface area (Å²) in [7, 11) is 0. The Bertz CT molecular complexity index is 336. The molecule has 1 aliphatic rings. The molecule has 2 nitrogen and oxygen atoms in total. The molecular formula is C13H18BrNO. The van der Waals surface area contributed by atoms with Crippen molar-refractivity contribution < 1.29 is 5.11 Å². The molecule has 1 fully saturated rings. The van der Waals surface area contributed by atoms with Crippen molar-refractivity contribution in [2.24, 2.45) is 5.92 Å². The number of aliphatic hydroxyl groups is 1. The van der Waals surface area contributed by atoms with Crippen molar-refractivity contribution in [2.75, 3.05) is 13.1 Å². The van der Waals surface area contributed by atoms with Crippen LogP contribution in [0.4, 0.5) is 0 Å². The highest BCUT2D eigenvalue weighted by Gasteiger charge is 2.25. The summed E-state index contributed by atoms with van der Waals surface area (Å²) >= 11 is 3.44. The van der Waals surface area contributed by atoms with Crippen molar-refractivity contribution in [1.29, 1.82) is 0 Å². The number of benzene rings is 1. The van der Waals surface area contributed by atoms with Crippen molar-refractivity contribution in [3.8, 4) is 0 Å². The Morgan fingerprint density at radius 1 is 1.44 bits per heavy atom. The maximum absolute atomic E-state index is 9.54. The van der Waals surface area contributed by atoms with Gasteiger partial charge in [-0.05, 0) is 43.5 Å². The Morgan fingerprint density at radius 3 is 2.69 bits per heavy atom. The molecular weight excluding hydrogens is 266 g/mol. The molecule has 1 saturated heterocycles. The summed E-state index contributed by atoms with van der Waals surface area (Å²) in [5.41, 5.74) is 1.34. The Balaban J connectivity index is 1.89. The summed E-state index contributed by atoms with van der Waals surface area (Å²) < 4.78 is 1.12. The fourth-order valence-corrected chi connectivity index (χ4v) is 2.51. The minimum Gasteiger partial charge on any atom is -0.393 e. The molecule has 3 heteroatoms. The molecule has 1 aromatic rings. The highest BCUT2D eigenvalue weighted by molar-refractivity contribution is 9.10. The van der Waals surface area contributed by atoms with E-state index in [2.05, 4.69) is 45.1 Å².